The van der Waals surface area contributed by atoms with E-state index in [2.05, 4.69) is 10.6 Å². The first-order valence-corrected chi connectivity index (χ1v) is 8.12. The minimum atomic E-state index is -1.12. The van der Waals surface area contributed by atoms with Crippen LogP contribution in [-0.4, -0.2) is 30.4 Å². The zero-order valence-corrected chi connectivity index (χ0v) is 14.8. The van der Waals surface area contributed by atoms with E-state index in [9.17, 15) is 23.2 Å². The Morgan fingerprint density at radius 1 is 1.11 bits per heavy atom. The molecule has 0 radical (unpaired) electrons. The summed E-state index contributed by atoms with van der Waals surface area (Å²) in [4.78, 5) is 35.7. The highest BCUT2D eigenvalue weighted by Gasteiger charge is 2.20. The molecule has 2 rings (SSSR count). The zero-order valence-electron chi connectivity index (χ0n) is 14.1. The van der Waals surface area contributed by atoms with Gasteiger partial charge >= 0.3 is 5.97 Å². The molecule has 0 fully saturated rings. The van der Waals surface area contributed by atoms with Crippen molar-refractivity contribution >= 4 is 35.1 Å². The summed E-state index contributed by atoms with van der Waals surface area (Å²) >= 11 is 5.90. The van der Waals surface area contributed by atoms with Gasteiger partial charge in [-0.2, -0.15) is 0 Å². The van der Waals surface area contributed by atoms with Crippen molar-refractivity contribution < 1.29 is 27.9 Å². The molecular weight excluding hydrogens is 382 g/mol. The van der Waals surface area contributed by atoms with Gasteiger partial charge in [0.25, 0.3) is 11.8 Å². The number of halogens is 3. The third kappa shape index (κ3) is 5.75. The largest absolute Gasteiger partial charge is 0.454 e. The van der Waals surface area contributed by atoms with Gasteiger partial charge in [-0.25, -0.2) is 13.6 Å². The molecule has 0 aliphatic rings. The Morgan fingerprint density at radius 3 is 2.48 bits per heavy atom. The van der Waals surface area contributed by atoms with Gasteiger partial charge in [-0.3, -0.25) is 9.59 Å². The van der Waals surface area contributed by atoms with Crippen molar-refractivity contribution in [1.29, 1.82) is 0 Å². The van der Waals surface area contributed by atoms with Gasteiger partial charge in [0.1, 0.15) is 6.04 Å². The average Bonchev–Trinajstić information content (AvgIpc) is 2.63. The lowest BCUT2D eigenvalue weighted by Crippen LogP contribution is -2.40. The van der Waals surface area contributed by atoms with E-state index in [-0.39, 0.29) is 16.3 Å². The summed E-state index contributed by atoms with van der Waals surface area (Å²) in [5.41, 5.74) is 0.199. The van der Waals surface area contributed by atoms with Gasteiger partial charge in [0.15, 0.2) is 18.2 Å². The Hall–Kier alpha value is -3.00. The highest BCUT2D eigenvalue weighted by Crippen LogP contribution is 2.15. The van der Waals surface area contributed by atoms with Crippen LogP contribution in [0.25, 0.3) is 0 Å². The first kappa shape index (κ1) is 20.3. The van der Waals surface area contributed by atoms with Crippen molar-refractivity contribution in [3.63, 3.8) is 0 Å². The molecule has 0 aromatic heterocycles. The predicted octanol–water partition coefficient (Wildman–Crippen LogP) is 2.92. The SMILES string of the molecule is C[C@H](NC(=O)c1ccccc1Cl)C(=O)OCC(=O)Nc1ccc(F)c(F)c1. The molecule has 0 saturated carbocycles. The molecule has 0 spiro atoms. The molecule has 0 aliphatic carbocycles. The highest BCUT2D eigenvalue weighted by atomic mass is 35.5. The first-order chi connectivity index (χ1) is 12.8. The fourth-order valence-electron chi connectivity index (χ4n) is 2.01. The second kappa shape index (κ2) is 9.09. The summed E-state index contributed by atoms with van der Waals surface area (Å²) in [6, 6.07) is 8.06. The molecule has 2 aromatic rings. The predicted molar refractivity (Wildman–Crippen MR) is 94.3 cm³/mol. The van der Waals surface area contributed by atoms with Crippen LogP contribution in [0.1, 0.15) is 17.3 Å². The Labute approximate surface area is 158 Å². The summed E-state index contributed by atoms with van der Waals surface area (Å²) in [6.07, 6.45) is 0. The number of hydrogen-bond donors (Lipinski definition) is 2. The van der Waals surface area contributed by atoms with Crippen LogP contribution in [0.15, 0.2) is 42.5 Å². The maximum Gasteiger partial charge on any atom is 0.328 e. The quantitative estimate of drug-likeness (QED) is 0.735. The van der Waals surface area contributed by atoms with Crippen LogP contribution >= 0.6 is 11.6 Å². The smallest absolute Gasteiger partial charge is 0.328 e. The van der Waals surface area contributed by atoms with Crippen molar-refractivity contribution in [2.75, 3.05) is 11.9 Å². The minimum Gasteiger partial charge on any atom is -0.454 e. The molecule has 142 valence electrons. The Morgan fingerprint density at radius 2 is 1.81 bits per heavy atom. The maximum absolute atomic E-state index is 13.1. The van der Waals surface area contributed by atoms with Crippen molar-refractivity contribution in [2.45, 2.75) is 13.0 Å². The van der Waals surface area contributed by atoms with E-state index in [0.717, 1.165) is 18.2 Å². The molecule has 2 N–H and O–H groups in total. The van der Waals surface area contributed by atoms with Crippen molar-refractivity contribution in [1.82, 2.24) is 5.32 Å². The van der Waals surface area contributed by atoms with Gasteiger partial charge in [-0.15, -0.1) is 0 Å². The van der Waals surface area contributed by atoms with Crippen molar-refractivity contribution in [3.05, 3.63) is 64.7 Å². The van der Waals surface area contributed by atoms with Crippen molar-refractivity contribution in [3.8, 4) is 0 Å². The molecule has 6 nitrogen and oxygen atoms in total. The Balaban J connectivity index is 1.83. The van der Waals surface area contributed by atoms with Gasteiger partial charge < -0.3 is 15.4 Å². The fourth-order valence-corrected chi connectivity index (χ4v) is 2.23. The van der Waals surface area contributed by atoms with Crippen molar-refractivity contribution in [2.24, 2.45) is 0 Å². The number of rotatable bonds is 6. The number of hydrogen-bond acceptors (Lipinski definition) is 4. The van der Waals surface area contributed by atoms with Crippen LogP contribution in [0.5, 0.6) is 0 Å². The summed E-state index contributed by atoms with van der Waals surface area (Å²) in [5.74, 6) is -4.35. The van der Waals surface area contributed by atoms with E-state index >= 15 is 0 Å². The number of nitrogens with one attached hydrogen (secondary N) is 2. The molecule has 2 amide bonds. The number of carbonyl (C=O) groups excluding carboxylic acids is 3. The summed E-state index contributed by atoms with van der Waals surface area (Å²) in [7, 11) is 0. The van der Waals surface area contributed by atoms with Crippen LogP contribution in [0.3, 0.4) is 0 Å². The lowest BCUT2D eigenvalue weighted by atomic mass is 10.2. The fraction of sp³-hybridized carbons (Fsp3) is 0.167. The number of ether oxygens (including phenoxy) is 1. The summed E-state index contributed by atoms with van der Waals surface area (Å²) in [6.45, 7) is 0.717. The maximum atomic E-state index is 13.1. The van der Waals surface area contributed by atoms with Crippen LogP contribution in [0.4, 0.5) is 14.5 Å². The van der Waals surface area contributed by atoms with E-state index < -0.39 is 42.1 Å². The molecule has 0 heterocycles. The average molecular weight is 397 g/mol. The molecule has 0 aliphatic heterocycles. The molecular formula is C18H15ClF2N2O4. The Bertz CT molecular complexity index is 876. The molecule has 0 unspecified atom stereocenters. The molecule has 0 saturated heterocycles. The standard InChI is InChI=1S/C18H15ClF2N2O4/c1-10(22-17(25)12-4-2-3-5-13(12)19)18(26)27-9-16(24)23-11-6-7-14(20)15(21)8-11/h2-8,10H,9H2,1H3,(H,22,25)(H,23,24)/t10-/m0/s1. The van der Waals surface area contributed by atoms with Crippen LogP contribution in [0, 0.1) is 11.6 Å². The van der Waals surface area contributed by atoms with Gasteiger partial charge in [-0.05, 0) is 31.2 Å². The summed E-state index contributed by atoms with van der Waals surface area (Å²) in [5, 5.41) is 4.88. The van der Waals surface area contributed by atoms with Gasteiger partial charge in [0.05, 0.1) is 10.6 Å². The third-order valence-electron chi connectivity index (χ3n) is 3.37. The molecule has 1 atom stereocenters. The van der Waals surface area contributed by atoms with E-state index in [0.29, 0.717) is 0 Å². The molecule has 27 heavy (non-hydrogen) atoms. The normalized spacial score (nSPS) is 11.4. The summed E-state index contributed by atoms with van der Waals surface area (Å²) < 4.78 is 30.7. The van der Waals surface area contributed by atoms with E-state index in [1.165, 1.54) is 19.1 Å². The van der Waals surface area contributed by atoms with E-state index in [1.807, 2.05) is 0 Å². The van der Waals surface area contributed by atoms with E-state index in [1.54, 1.807) is 12.1 Å². The molecule has 0 bridgehead atoms. The number of carbonyl (C=O) groups is 3. The lowest BCUT2D eigenvalue weighted by molar-refractivity contribution is -0.148. The molecule has 9 heteroatoms. The second-order valence-corrected chi connectivity index (χ2v) is 5.87. The van der Waals surface area contributed by atoms with Crippen LogP contribution in [-0.2, 0) is 14.3 Å². The van der Waals surface area contributed by atoms with Gasteiger partial charge in [0, 0.05) is 11.8 Å². The number of anilines is 1. The van der Waals surface area contributed by atoms with Gasteiger partial charge in [0.2, 0.25) is 0 Å². The first-order valence-electron chi connectivity index (χ1n) is 7.75. The second-order valence-electron chi connectivity index (χ2n) is 5.46. The highest BCUT2D eigenvalue weighted by molar-refractivity contribution is 6.33. The number of benzene rings is 2. The number of amides is 2. The van der Waals surface area contributed by atoms with Crippen LogP contribution < -0.4 is 10.6 Å². The van der Waals surface area contributed by atoms with Crippen LogP contribution in [0.2, 0.25) is 5.02 Å². The minimum absolute atomic E-state index is 0.00928. The third-order valence-corrected chi connectivity index (χ3v) is 3.70. The molecule has 2 aromatic carbocycles. The number of esters is 1. The lowest BCUT2D eigenvalue weighted by Gasteiger charge is -2.14. The topological polar surface area (TPSA) is 84.5 Å². The van der Waals surface area contributed by atoms with Gasteiger partial charge in [-0.1, -0.05) is 23.7 Å². The van der Waals surface area contributed by atoms with E-state index in [4.69, 9.17) is 16.3 Å². The zero-order chi connectivity index (χ0) is 20.0. The monoisotopic (exact) mass is 396 g/mol. The Kier molecular flexibility index (Phi) is 6.84.